The normalized spacial score (nSPS) is 20.1. The van der Waals surface area contributed by atoms with Crippen LogP contribution >= 0.6 is 0 Å². The molecule has 1 saturated carbocycles. The van der Waals surface area contributed by atoms with Gasteiger partial charge in [0.05, 0.1) is 0 Å². The van der Waals surface area contributed by atoms with Crippen molar-refractivity contribution >= 4 is 13.9 Å². The van der Waals surface area contributed by atoms with E-state index in [0.29, 0.717) is 4.75 Å². The fraction of sp³-hybridized carbons (Fsp3) is 1.00. The van der Waals surface area contributed by atoms with Crippen LogP contribution in [0.5, 0.6) is 0 Å². The first kappa shape index (κ1) is 11.5. The molecule has 0 aromatic heterocycles. The topological polar surface area (TPSA) is 18.5 Å². The van der Waals surface area contributed by atoms with Crippen LogP contribution in [0.2, 0.25) is 9.50 Å². The molecule has 3 heteroatoms. The molecule has 0 amide bonds. The standard InChI is InChI=1S/C10H22GeO2/c1-9(2)11(12-3,13-4)10-7-5-6-8-10/h9-10H,5-8H2,1-4H3. The SMILES string of the molecule is C[O][Ge]([O]C)([CH](C)C)[CH]1CCCC1. The van der Waals surface area contributed by atoms with E-state index in [4.69, 9.17) is 7.53 Å². The molecule has 2 nitrogen and oxygen atoms in total. The Hall–Kier alpha value is 0.463. The Bertz CT molecular complexity index is 149. The molecule has 1 aliphatic carbocycles. The van der Waals surface area contributed by atoms with E-state index >= 15 is 0 Å². The molecule has 0 spiro atoms. The Morgan fingerprint density at radius 3 is 1.85 bits per heavy atom. The fourth-order valence-electron chi connectivity index (χ4n) is 2.69. The Morgan fingerprint density at radius 2 is 1.54 bits per heavy atom. The van der Waals surface area contributed by atoms with Gasteiger partial charge in [-0.25, -0.2) is 0 Å². The van der Waals surface area contributed by atoms with Gasteiger partial charge in [0.1, 0.15) is 0 Å². The molecule has 78 valence electrons. The quantitative estimate of drug-likeness (QED) is 0.710. The second kappa shape index (κ2) is 4.80. The summed E-state index contributed by atoms with van der Waals surface area (Å²) in [5, 5.41) is 0. The molecule has 0 saturated heterocycles. The van der Waals surface area contributed by atoms with Gasteiger partial charge in [0.15, 0.2) is 0 Å². The predicted octanol–water partition coefficient (Wildman–Crippen LogP) is 3.08. The zero-order chi connectivity index (χ0) is 9.90. The maximum absolute atomic E-state index is 5.80. The van der Waals surface area contributed by atoms with Crippen LogP contribution in [0.1, 0.15) is 39.5 Å². The molecule has 0 bridgehead atoms. The van der Waals surface area contributed by atoms with Gasteiger partial charge in [-0.15, -0.1) is 0 Å². The van der Waals surface area contributed by atoms with Gasteiger partial charge >= 0.3 is 84.7 Å². The van der Waals surface area contributed by atoms with E-state index in [-0.39, 0.29) is 0 Å². The van der Waals surface area contributed by atoms with Crippen LogP contribution in [0.3, 0.4) is 0 Å². The summed E-state index contributed by atoms with van der Waals surface area (Å²) in [7, 11) is 3.70. The van der Waals surface area contributed by atoms with Crippen molar-refractivity contribution in [2.75, 3.05) is 14.2 Å². The van der Waals surface area contributed by atoms with Gasteiger partial charge in [-0.05, 0) is 0 Å². The van der Waals surface area contributed by atoms with Crippen LogP contribution in [-0.2, 0) is 7.53 Å². The Morgan fingerprint density at radius 1 is 1.08 bits per heavy atom. The van der Waals surface area contributed by atoms with Crippen molar-refractivity contribution in [3.05, 3.63) is 0 Å². The second-order valence-electron chi connectivity index (χ2n) is 4.27. The van der Waals surface area contributed by atoms with Crippen LogP contribution < -0.4 is 0 Å². The number of hydrogen-bond acceptors (Lipinski definition) is 2. The third-order valence-corrected chi connectivity index (χ3v) is 13.0. The Balaban J connectivity index is 2.74. The number of rotatable bonds is 4. The van der Waals surface area contributed by atoms with Gasteiger partial charge in [-0.2, -0.15) is 0 Å². The van der Waals surface area contributed by atoms with E-state index in [9.17, 15) is 0 Å². The van der Waals surface area contributed by atoms with Crippen LogP contribution in [0, 0.1) is 0 Å². The van der Waals surface area contributed by atoms with E-state index in [2.05, 4.69) is 13.8 Å². The summed E-state index contributed by atoms with van der Waals surface area (Å²) in [5.74, 6) is 0. The molecule has 0 aromatic rings. The summed E-state index contributed by atoms with van der Waals surface area (Å²) < 4.78 is 13.0. The van der Waals surface area contributed by atoms with E-state index in [1.807, 2.05) is 14.2 Å². The van der Waals surface area contributed by atoms with E-state index in [1.54, 1.807) is 0 Å². The summed E-state index contributed by atoms with van der Waals surface area (Å²) in [4.78, 5) is 0. The Kier molecular flexibility index (Phi) is 4.26. The monoisotopic (exact) mass is 248 g/mol. The second-order valence-corrected chi connectivity index (χ2v) is 13.1. The summed E-state index contributed by atoms with van der Waals surface area (Å²) >= 11 is -2.43. The van der Waals surface area contributed by atoms with E-state index < -0.39 is 13.9 Å². The van der Waals surface area contributed by atoms with Crippen LogP contribution in [0.15, 0.2) is 0 Å². The van der Waals surface area contributed by atoms with Gasteiger partial charge < -0.3 is 0 Å². The van der Waals surface area contributed by atoms with Crippen LogP contribution in [0.25, 0.3) is 0 Å². The van der Waals surface area contributed by atoms with Crippen molar-refractivity contribution in [3.8, 4) is 0 Å². The summed E-state index contributed by atoms with van der Waals surface area (Å²) in [6.45, 7) is 4.51. The molecule has 0 unspecified atom stereocenters. The summed E-state index contributed by atoms with van der Waals surface area (Å²) in [6.07, 6.45) is 5.41. The average Bonchev–Trinajstić information content (AvgIpc) is 2.60. The molecular formula is C10H22GeO2. The molecule has 0 radical (unpaired) electrons. The van der Waals surface area contributed by atoms with Crippen molar-refractivity contribution in [1.29, 1.82) is 0 Å². The van der Waals surface area contributed by atoms with E-state index in [0.717, 1.165) is 4.75 Å². The van der Waals surface area contributed by atoms with Crippen molar-refractivity contribution in [3.63, 3.8) is 0 Å². The van der Waals surface area contributed by atoms with Crippen LogP contribution in [0.4, 0.5) is 0 Å². The van der Waals surface area contributed by atoms with Gasteiger partial charge in [0.25, 0.3) is 0 Å². The first-order valence-corrected chi connectivity index (χ1v) is 9.41. The molecule has 13 heavy (non-hydrogen) atoms. The van der Waals surface area contributed by atoms with Crippen molar-refractivity contribution < 1.29 is 7.53 Å². The third-order valence-electron chi connectivity index (χ3n) is 3.37. The first-order chi connectivity index (χ1) is 6.17. The summed E-state index contributed by atoms with van der Waals surface area (Å²) in [5.41, 5.74) is 0. The molecule has 0 aromatic carbocycles. The Labute approximate surface area is 85.0 Å². The minimum atomic E-state index is -2.43. The molecular weight excluding hydrogens is 225 g/mol. The molecule has 0 atom stereocenters. The van der Waals surface area contributed by atoms with Crippen molar-refractivity contribution in [1.82, 2.24) is 0 Å². The van der Waals surface area contributed by atoms with Crippen molar-refractivity contribution in [2.45, 2.75) is 49.0 Å². The predicted molar refractivity (Wildman–Crippen MR) is 57.1 cm³/mol. The molecule has 1 aliphatic rings. The summed E-state index contributed by atoms with van der Waals surface area (Å²) in [6, 6.07) is 0. The molecule has 1 rings (SSSR count). The third kappa shape index (κ3) is 2.10. The average molecular weight is 247 g/mol. The molecule has 0 N–H and O–H groups in total. The minimum absolute atomic E-state index is 0.609. The fourth-order valence-corrected chi connectivity index (χ4v) is 10.9. The zero-order valence-corrected chi connectivity index (χ0v) is 11.4. The zero-order valence-electron chi connectivity index (χ0n) is 9.30. The van der Waals surface area contributed by atoms with Gasteiger partial charge in [0, 0.05) is 0 Å². The van der Waals surface area contributed by atoms with Gasteiger partial charge in [-0.3, -0.25) is 0 Å². The van der Waals surface area contributed by atoms with Crippen LogP contribution in [-0.4, -0.2) is 28.2 Å². The first-order valence-electron chi connectivity index (χ1n) is 5.27. The van der Waals surface area contributed by atoms with Crippen molar-refractivity contribution in [2.24, 2.45) is 0 Å². The maximum atomic E-state index is 5.80. The molecule has 0 aliphatic heterocycles. The molecule has 0 heterocycles. The number of hydrogen-bond donors (Lipinski definition) is 0. The van der Waals surface area contributed by atoms with Gasteiger partial charge in [0.2, 0.25) is 0 Å². The molecule has 1 fully saturated rings. The van der Waals surface area contributed by atoms with Gasteiger partial charge in [-0.1, -0.05) is 0 Å². The van der Waals surface area contributed by atoms with E-state index in [1.165, 1.54) is 25.7 Å².